The van der Waals surface area contributed by atoms with E-state index in [-0.39, 0.29) is 17.6 Å². The lowest BCUT2D eigenvalue weighted by molar-refractivity contribution is 0.0812. The third-order valence-electron chi connectivity index (χ3n) is 3.56. The lowest BCUT2D eigenvalue weighted by Gasteiger charge is -2.26. The Hall–Kier alpha value is -2.76. The monoisotopic (exact) mass is 314 g/mol. The fourth-order valence-corrected chi connectivity index (χ4v) is 2.47. The minimum atomic E-state index is -0.282. The van der Waals surface area contributed by atoms with Crippen molar-refractivity contribution in [2.24, 2.45) is 0 Å². The highest BCUT2D eigenvalue weighted by molar-refractivity contribution is 5.94. The summed E-state index contributed by atoms with van der Waals surface area (Å²) in [6, 6.07) is 10.4. The molecule has 0 saturated carbocycles. The van der Waals surface area contributed by atoms with Gasteiger partial charge in [-0.15, -0.1) is 0 Å². The van der Waals surface area contributed by atoms with Crippen LogP contribution < -0.4 is 20.3 Å². The molecule has 0 radical (unpaired) electrons. The summed E-state index contributed by atoms with van der Waals surface area (Å²) in [6.45, 7) is 2.64. The molecule has 1 atom stereocenters. The molecule has 1 amide bonds. The van der Waals surface area contributed by atoms with E-state index in [1.807, 2.05) is 24.3 Å². The van der Waals surface area contributed by atoms with Crippen LogP contribution in [0.15, 0.2) is 41.2 Å². The van der Waals surface area contributed by atoms with Gasteiger partial charge < -0.3 is 19.8 Å². The van der Waals surface area contributed by atoms with Crippen molar-refractivity contribution in [3.8, 4) is 11.5 Å². The SMILES string of the molecule is Cc1cc(C(=O)NCCC2COc3ccccc3O2)cc(=O)[nH]1. The van der Waals surface area contributed by atoms with Gasteiger partial charge in [-0.25, -0.2) is 0 Å². The molecule has 1 unspecified atom stereocenters. The smallest absolute Gasteiger partial charge is 0.251 e. The van der Waals surface area contributed by atoms with E-state index in [4.69, 9.17) is 9.47 Å². The summed E-state index contributed by atoms with van der Waals surface area (Å²) in [7, 11) is 0. The van der Waals surface area contributed by atoms with Crippen LogP contribution in [0.5, 0.6) is 11.5 Å². The van der Waals surface area contributed by atoms with E-state index in [1.54, 1.807) is 13.0 Å². The summed E-state index contributed by atoms with van der Waals surface area (Å²) in [5.74, 6) is 1.20. The van der Waals surface area contributed by atoms with Gasteiger partial charge in [-0.1, -0.05) is 12.1 Å². The molecule has 120 valence electrons. The lowest BCUT2D eigenvalue weighted by Crippen LogP contribution is -2.34. The van der Waals surface area contributed by atoms with Gasteiger partial charge >= 0.3 is 0 Å². The maximum Gasteiger partial charge on any atom is 0.251 e. The Balaban J connectivity index is 1.52. The number of H-pyrrole nitrogens is 1. The molecule has 2 N–H and O–H groups in total. The van der Waals surface area contributed by atoms with Crippen molar-refractivity contribution in [3.05, 3.63) is 58.0 Å². The molecule has 1 aliphatic rings. The van der Waals surface area contributed by atoms with Crippen LogP contribution in [0.25, 0.3) is 0 Å². The van der Waals surface area contributed by atoms with Crippen molar-refractivity contribution in [1.29, 1.82) is 0 Å². The normalized spacial score (nSPS) is 16.0. The van der Waals surface area contributed by atoms with Crippen LogP contribution in [-0.2, 0) is 0 Å². The fourth-order valence-electron chi connectivity index (χ4n) is 2.47. The molecule has 0 saturated heterocycles. The second-order valence-electron chi connectivity index (χ2n) is 5.46. The van der Waals surface area contributed by atoms with Crippen LogP contribution in [0.2, 0.25) is 0 Å². The highest BCUT2D eigenvalue weighted by Gasteiger charge is 2.20. The topological polar surface area (TPSA) is 80.4 Å². The van der Waals surface area contributed by atoms with Crippen LogP contribution in [0.4, 0.5) is 0 Å². The number of benzene rings is 1. The molecule has 2 aromatic rings. The number of amides is 1. The van der Waals surface area contributed by atoms with Crippen molar-refractivity contribution >= 4 is 5.91 Å². The largest absolute Gasteiger partial charge is 0.486 e. The molecule has 0 spiro atoms. The first kappa shape index (κ1) is 15.1. The summed E-state index contributed by atoms with van der Waals surface area (Å²) >= 11 is 0. The Morgan fingerprint density at radius 3 is 2.87 bits per heavy atom. The third-order valence-corrected chi connectivity index (χ3v) is 3.56. The molecule has 3 rings (SSSR count). The number of carbonyl (C=O) groups excluding carboxylic acids is 1. The second kappa shape index (κ2) is 6.56. The fraction of sp³-hybridized carbons (Fsp3) is 0.294. The molecule has 6 nitrogen and oxygen atoms in total. The van der Waals surface area contributed by atoms with Crippen LogP contribution in [0.3, 0.4) is 0 Å². The van der Waals surface area contributed by atoms with Crippen LogP contribution in [-0.4, -0.2) is 30.1 Å². The number of carbonyl (C=O) groups is 1. The highest BCUT2D eigenvalue weighted by Crippen LogP contribution is 2.31. The van der Waals surface area contributed by atoms with Crippen molar-refractivity contribution in [3.63, 3.8) is 0 Å². The molecule has 1 aromatic heterocycles. The molecule has 6 heteroatoms. The van der Waals surface area contributed by atoms with Gasteiger partial charge in [-0.3, -0.25) is 9.59 Å². The maximum absolute atomic E-state index is 12.1. The van der Waals surface area contributed by atoms with Crippen molar-refractivity contribution < 1.29 is 14.3 Å². The first-order chi connectivity index (χ1) is 11.1. The number of aromatic amines is 1. The molecule has 0 bridgehead atoms. The van der Waals surface area contributed by atoms with E-state index in [0.29, 0.717) is 30.8 Å². The quantitative estimate of drug-likeness (QED) is 0.899. The summed E-state index contributed by atoms with van der Waals surface area (Å²) in [5, 5.41) is 2.80. The number of hydrogen-bond acceptors (Lipinski definition) is 4. The van der Waals surface area contributed by atoms with Crippen LogP contribution >= 0.6 is 0 Å². The van der Waals surface area contributed by atoms with Crippen molar-refractivity contribution in [1.82, 2.24) is 10.3 Å². The van der Waals surface area contributed by atoms with Gasteiger partial charge in [0.25, 0.3) is 5.91 Å². The minimum Gasteiger partial charge on any atom is -0.486 e. The number of rotatable bonds is 4. The summed E-state index contributed by atoms with van der Waals surface area (Å²) < 4.78 is 11.5. The minimum absolute atomic E-state index is 0.105. The molecule has 23 heavy (non-hydrogen) atoms. The van der Waals surface area contributed by atoms with Gasteiger partial charge in [0.1, 0.15) is 12.7 Å². The average Bonchev–Trinajstić information content (AvgIpc) is 2.53. The summed E-state index contributed by atoms with van der Waals surface area (Å²) in [5.41, 5.74) is 0.733. The van der Waals surface area contributed by atoms with E-state index in [0.717, 1.165) is 11.5 Å². The maximum atomic E-state index is 12.1. The first-order valence-electron chi connectivity index (χ1n) is 7.49. The lowest BCUT2D eigenvalue weighted by atomic mass is 10.2. The Labute approximate surface area is 133 Å². The predicted octanol–water partition coefficient (Wildman–Crippen LogP) is 1.64. The highest BCUT2D eigenvalue weighted by atomic mass is 16.6. The van der Waals surface area contributed by atoms with E-state index in [1.165, 1.54) is 6.07 Å². The van der Waals surface area contributed by atoms with Gasteiger partial charge in [0.05, 0.1) is 0 Å². The van der Waals surface area contributed by atoms with Gasteiger partial charge in [-0.05, 0) is 25.1 Å². The number of fused-ring (bicyclic) bond motifs is 1. The van der Waals surface area contributed by atoms with E-state index in [2.05, 4.69) is 10.3 Å². The van der Waals surface area contributed by atoms with Crippen molar-refractivity contribution in [2.75, 3.05) is 13.2 Å². The molecule has 1 aromatic carbocycles. The Kier molecular flexibility index (Phi) is 4.32. The molecule has 0 fully saturated rings. The number of ether oxygens (including phenoxy) is 2. The number of aryl methyl sites for hydroxylation is 1. The van der Waals surface area contributed by atoms with Gasteiger partial charge in [-0.2, -0.15) is 0 Å². The van der Waals surface area contributed by atoms with E-state index in [9.17, 15) is 9.59 Å². The second-order valence-corrected chi connectivity index (χ2v) is 5.46. The number of nitrogens with one attached hydrogen (secondary N) is 2. The van der Waals surface area contributed by atoms with E-state index < -0.39 is 0 Å². The molecule has 2 heterocycles. The molecular formula is C17H18N2O4. The Morgan fingerprint density at radius 2 is 2.09 bits per heavy atom. The van der Waals surface area contributed by atoms with E-state index >= 15 is 0 Å². The third kappa shape index (κ3) is 3.71. The van der Waals surface area contributed by atoms with Crippen LogP contribution in [0.1, 0.15) is 22.5 Å². The van der Waals surface area contributed by atoms with Crippen LogP contribution in [0, 0.1) is 6.92 Å². The van der Waals surface area contributed by atoms with Crippen molar-refractivity contribution in [2.45, 2.75) is 19.4 Å². The average molecular weight is 314 g/mol. The Bertz CT molecular complexity index is 769. The molecule has 0 aliphatic carbocycles. The first-order valence-corrected chi connectivity index (χ1v) is 7.49. The molecular weight excluding hydrogens is 296 g/mol. The van der Waals surface area contributed by atoms with Gasteiger partial charge in [0.15, 0.2) is 11.5 Å². The zero-order valence-electron chi connectivity index (χ0n) is 12.8. The molecule has 1 aliphatic heterocycles. The van der Waals surface area contributed by atoms with Gasteiger partial charge in [0.2, 0.25) is 5.56 Å². The zero-order chi connectivity index (χ0) is 16.2. The standard InChI is InChI=1S/C17H18N2O4/c1-11-8-12(9-16(20)19-11)17(21)18-7-6-13-10-22-14-4-2-3-5-15(14)23-13/h2-5,8-9,13H,6-7,10H2,1H3,(H,18,21)(H,19,20). The number of pyridine rings is 1. The number of aromatic nitrogens is 1. The number of para-hydroxylation sites is 2. The summed E-state index contributed by atoms with van der Waals surface area (Å²) in [4.78, 5) is 26.0. The zero-order valence-corrected chi connectivity index (χ0v) is 12.8. The Morgan fingerprint density at radius 1 is 1.30 bits per heavy atom. The summed E-state index contributed by atoms with van der Waals surface area (Å²) in [6.07, 6.45) is 0.522. The predicted molar refractivity (Wildman–Crippen MR) is 85.1 cm³/mol. The van der Waals surface area contributed by atoms with Gasteiger partial charge in [0, 0.05) is 30.3 Å². The number of hydrogen-bond donors (Lipinski definition) is 2.